The molecule has 0 unspecified atom stereocenters. The molecule has 3 aromatic rings. The van der Waals surface area contributed by atoms with Crippen LogP contribution in [0.3, 0.4) is 0 Å². The lowest BCUT2D eigenvalue weighted by Crippen LogP contribution is -2.37. The fourth-order valence-corrected chi connectivity index (χ4v) is 2.86. The van der Waals surface area contributed by atoms with Gasteiger partial charge in [0.1, 0.15) is 5.76 Å². The number of hydrogen-bond donors (Lipinski definition) is 3. The van der Waals surface area contributed by atoms with E-state index < -0.39 is 11.8 Å². The van der Waals surface area contributed by atoms with Gasteiger partial charge in [0.05, 0.1) is 26.1 Å². The molecule has 176 valence electrons. The molecule has 1 heterocycles. The molecule has 0 aliphatic rings. The van der Waals surface area contributed by atoms with Crippen molar-refractivity contribution in [1.82, 2.24) is 10.7 Å². The van der Waals surface area contributed by atoms with Crippen molar-refractivity contribution in [2.45, 2.75) is 6.54 Å². The normalized spacial score (nSPS) is 10.5. The molecule has 3 amide bonds. The molecule has 0 aliphatic heterocycles. The Morgan fingerprint density at radius 1 is 1.06 bits per heavy atom. The van der Waals surface area contributed by atoms with Gasteiger partial charge in [-0.2, -0.15) is 5.10 Å². The lowest BCUT2D eigenvalue weighted by atomic mass is 10.2. The van der Waals surface area contributed by atoms with Gasteiger partial charge >= 0.3 is 11.8 Å². The maximum Gasteiger partial charge on any atom is 0.329 e. The van der Waals surface area contributed by atoms with Crippen molar-refractivity contribution in [3.05, 3.63) is 77.2 Å². The van der Waals surface area contributed by atoms with Gasteiger partial charge in [0.25, 0.3) is 5.91 Å². The van der Waals surface area contributed by atoms with Crippen LogP contribution in [0.4, 0.5) is 5.69 Å². The first-order valence-electron chi connectivity index (χ1n) is 9.94. The third-order valence-corrected chi connectivity index (χ3v) is 4.48. The summed E-state index contributed by atoms with van der Waals surface area (Å²) < 4.78 is 15.9. The number of amides is 3. The summed E-state index contributed by atoms with van der Waals surface area (Å²) in [7, 11) is 1.44. The fourth-order valence-electron chi connectivity index (χ4n) is 2.67. The summed E-state index contributed by atoms with van der Waals surface area (Å²) in [5.74, 6) is -0.959. The van der Waals surface area contributed by atoms with E-state index in [9.17, 15) is 14.4 Å². The van der Waals surface area contributed by atoms with Crippen molar-refractivity contribution in [2.24, 2.45) is 5.10 Å². The van der Waals surface area contributed by atoms with Crippen LogP contribution in [0.1, 0.15) is 11.3 Å². The highest BCUT2D eigenvalue weighted by atomic mass is 35.5. The van der Waals surface area contributed by atoms with E-state index >= 15 is 0 Å². The highest BCUT2D eigenvalue weighted by Crippen LogP contribution is 2.27. The number of carbonyl (C=O) groups excluding carboxylic acids is 3. The smallest absolute Gasteiger partial charge is 0.329 e. The van der Waals surface area contributed by atoms with E-state index in [1.807, 2.05) is 0 Å². The van der Waals surface area contributed by atoms with E-state index in [2.05, 4.69) is 21.2 Å². The van der Waals surface area contributed by atoms with Crippen LogP contribution < -0.4 is 25.5 Å². The van der Waals surface area contributed by atoms with Gasteiger partial charge in [0.15, 0.2) is 18.1 Å². The predicted octanol–water partition coefficient (Wildman–Crippen LogP) is 2.73. The fraction of sp³-hybridized carbons (Fsp3) is 0.130. The average Bonchev–Trinajstić information content (AvgIpc) is 3.35. The van der Waals surface area contributed by atoms with Crippen LogP contribution in [0.5, 0.6) is 11.5 Å². The summed E-state index contributed by atoms with van der Waals surface area (Å²) in [6.45, 7) is -0.168. The van der Waals surface area contributed by atoms with E-state index in [1.54, 1.807) is 54.6 Å². The van der Waals surface area contributed by atoms with Gasteiger partial charge in [-0.3, -0.25) is 14.4 Å². The van der Waals surface area contributed by atoms with Crippen LogP contribution in [0, 0.1) is 0 Å². The van der Waals surface area contributed by atoms with Crippen LogP contribution in [0.2, 0.25) is 5.02 Å². The highest BCUT2D eigenvalue weighted by molar-refractivity contribution is 6.35. The van der Waals surface area contributed by atoms with Gasteiger partial charge in [-0.1, -0.05) is 17.7 Å². The highest BCUT2D eigenvalue weighted by Gasteiger charge is 2.13. The topological polar surface area (TPSA) is 131 Å². The number of rotatable bonds is 9. The van der Waals surface area contributed by atoms with Crippen molar-refractivity contribution >= 4 is 41.2 Å². The van der Waals surface area contributed by atoms with Crippen molar-refractivity contribution in [3.63, 3.8) is 0 Å². The first-order chi connectivity index (χ1) is 16.4. The molecule has 2 aromatic carbocycles. The molecule has 0 saturated heterocycles. The van der Waals surface area contributed by atoms with Crippen molar-refractivity contribution in [2.75, 3.05) is 19.0 Å². The van der Waals surface area contributed by atoms with Gasteiger partial charge in [-0.25, -0.2) is 5.43 Å². The molecule has 0 bridgehead atoms. The minimum absolute atomic E-state index is 0.0821. The van der Waals surface area contributed by atoms with Gasteiger partial charge in [0, 0.05) is 10.7 Å². The van der Waals surface area contributed by atoms with E-state index in [0.717, 1.165) is 0 Å². The molecule has 34 heavy (non-hydrogen) atoms. The number of methoxy groups -OCH3 is 1. The summed E-state index contributed by atoms with van der Waals surface area (Å²) in [6, 6.07) is 14.9. The summed E-state index contributed by atoms with van der Waals surface area (Å²) in [6.07, 6.45) is 2.79. The number of furan rings is 1. The quantitative estimate of drug-likeness (QED) is 0.243. The third kappa shape index (κ3) is 7.38. The van der Waals surface area contributed by atoms with Crippen molar-refractivity contribution < 1.29 is 28.3 Å². The Kier molecular flexibility index (Phi) is 8.64. The number of hydrazone groups is 1. The summed E-state index contributed by atoms with van der Waals surface area (Å²) in [4.78, 5) is 35.7. The van der Waals surface area contributed by atoms with E-state index in [-0.39, 0.29) is 19.1 Å². The first-order valence-corrected chi connectivity index (χ1v) is 10.3. The molecule has 0 saturated carbocycles. The minimum atomic E-state index is -0.930. The third-order valence-electron chi connectivity index (χ3n) is 4.24. The molecule has 3 rings (SSSR count). The van der Waals surface area contributed by atoms with E-state index in [0.29, 0.717) is 33.5 Å². The van der Waals surface area contributed by atoms with Crippen molar-refractivity contribution in [3.8, 4) is 11.5 Å². The molecule has 3 N–H and O–H groups in total. The van der Waals surface area contributed by atoms with E-state index in [1.165, 1.54) is 19.6 Å². The van der Waals surface area contributed by atoms with Gasteiger partial charge in [-0.05, 0) is 54.1 Å². The maximum atomic E-state index is 12.1. The second-order valence-corrected chi connectivity index (χ2v) is 7.16. The number of ether oxygens (including phenoxy) is 2. The molecule has 0 spiro atoms. The molecule has 11 heteroatoms. The zero-order valence-corrected chi connectivity index (χ0v) is 18.8. The molecule has 0 aliphatic carbocycles. The van der Waals surface area contributed by atoms with Crippen molar-refractivity contribution in [1.29, 1.82) is 0 Å². The molecular formula is C23H21ClN4O6. The standard InChI is InChI=1S/C23H21ClN4O6/c1-32-20-10-15(12-26-28-23(31)22(30)25-13-18-6-3-9-33-18)7-8-19(20)34-14-21(29)27-17-5-2-4-16(24)11-17/h2-12H,13-14H2,1H3,(H,25,30)(H,27,29)(H,28,31)/b26-12-. The Bertz CT molecular complexity index is 1180. The number of nitrogens with zero attached hydrogens (tertiary/aromatic N) is 1. The van der Waals surface area contributed by atoms with Crippen LogP contribution in [-0.2, 0) is 20.9 Å². The van der Waals surface area contributed by atoms with Crippen LogP contribution in [0.25, 0.3) is 0 Å². The maximum absolute atomic E-state index is 12.1. The molecule has 0 atom stereocenters. The number of halogens is 1. The molecule has 0 radical (unpaired) electrons. The largest absolute Gasteiger partial charge is 0.493 e. The van der Waals surface area contributed by atoms with Crippen LogP contribution >= 0.6 is 11.6 Å². The van der Waals surface area contributed by atoms with Crippen LogP contribution in [-0.4, -0.2) is 37.7 Å². The molecular weight excluding hydrogens is 464 g/mol. The second-order valence-electron chi connectivity index (χ2n) is 6.72. The lowest BCUT2D eigenvalue weighted by Gasteiger charge is -2.11. The van der Waals surface area contributed by atoms with Gasteiger partial charge in [0.2, 0.25) is 0 Å². The second kappa shape index (κ2) is 12.1. The average molecular weight is 485 g/mol. The van der Waals surface area contributed by atoms with Gasteiger partial charge < -0.3 is 24.5 Å². The summed E-state index contributed by atoms with van der Waals surface area (Å²) in [5.41, 5.74) is 3.25. The predicted molar refractivity (Wildman–Crippen MR) is 125 cm³/mol. The van der Waals surface area contributed by atoms with Crippen LogP contribution in [0.15, 0.2) is 70.4 Å². The Labute approximate surface area is 199 Å². The number of hydrogen-bond acceptors (Lipinski definition) is 7. The molecule has 0 fully saturated rings. The van der Waals surface area contributed by atoms with Gasteiger partial charge in [-0.15, -0.1) is 0 Å². The Morgan fingerprint density at radius 2 is 1.91 bits per heavy atom. The summed E-state index contributed by atoms with van der Waals surface area (Å²) in [5, 5.41) is 9.35. The Morgan fingerprint density at radius 3 is 2.65 bits per heavy atom. The Balaban J connectivity index is 1.49. The number of nitrogens with one attached hydrogen (secondary N) is 3. The molecule has 10 nitrogen and oxygen atoms in total. The first kappa shape index (κ1) is 24.3. The van der Waals surface area contributed by atoms with E-state index in [4.69, 9.17) is 25.5 Å². The number of carbonyl (C=O) groups is 3. The SMILES string of the molecule is COc1cc(/C=N\NC(=O)C(=O)NCc2ccco2)ccc1OCC(=O)Nc1cccc(Cl)c1. The minimum Gasteiger partial charge on any atom is -0.493 e. The Hall–Kier alpha value is -4.31. The molecule has 1 aromatic heterocycles. The zero-order valence-electron chi connectivity index (χ0n) is 18.0. The number of benzene rings is 2. The number of anilines is 1. The zero-order chi connectivity index (χ0) is 24.3. The summed E-state index contributed by atoms with van der Waals surface area (Å²) >= 11 is 5.90. The lowest BCUT2D eigenvalue weighted by molar-refractivity contribution is -0.139. The monoisotopic (exact) mass is 484 g/mol.